The van der Waals surface area contributed by atoms with Crippen LogP contribution in [-0.4, -0.2) is 31.6 Å². The van der Waals surface area contributed by atoms with Crippen molar-refractivity contribution in [3.8, 4) is 0 Å². The molecule has 2 N–H and O–H groups in total. The fourth-order valence-corrected chi connectivity index (χ4v) is 2.74. The standard InChI is InChI=1S/C17H29N3O2S/c1-3-18-17(20-13-15-10-12-23-14-15)19-11-8-6-5-7-9-16(21)22-4-2/h10,12,14H,3-9,11,13H2,1-2H3,(H2,18,19,20). The van der Waals surface area contributed by atoms with E-state index in [1.807, 2.05) is 6.92 Å². The molecule has 23 heavy (non-hydrogen) atoms. The minimum Gasteiger partial charge on any atom is -0.466 e. The number of hydrogen-bond acceptors (Lipinski definition) is 4. The number of carbonyl (C=O) groups is 1. The second-order valence-corrected chi connectivity index (χ2v) is 6.00. The lowest BCUT2D eigenvalue weighted by molar-refractivity contribution is -0.143. The van der Waals surface area contributed by atoms with Gasteiger partial charge in [0.1, 0.15) is 0 Å². The van der Waals surface area contributed by atoms with Crippen molar-refractivity contribution in [2.24, 2.45) is 4.99 Å². The van der Waals surface area contributed by atoms with Crippen LogP contribution in [0.3, 0.4) is 0 Å². The molecule has 1 aromatic heterocycles. The third kappa shape index (κ3) is 9.94. The summed E-state index contributed by atoms with van der Waals surface area (Å²) in [5.41, 5.74) is 1.24. The van der Waals surface area contributed by atoms with Crippen molar-refractivity contribution in [1.82, 2.24) is 10.6 Å². The second kappa shape index (κ2) is 12.9. The predicted octanol–water partition coefficient (Wildman–Crippen LogP) is 3.32. The van der Waals surface area contributed by atoms with Gasteiger partial charge in [-0.15, -0.1) is 0 Å². The molecule has 1 aromatic rings. The second-order valence-electron chi connectivity index (χ2n) is 5.22. The Morgan fingerprint density at radius 3 is 2.74 bits per heavy atom. The van der Waals surface area contributed by atoms with Crippen LogP contribution in [0.25, 0.3) is 0 Å². The monoisotopic (exact) mass is 339 g/mol. The summed E-state index contributed by atoms with van der Waals surface area (Å²) in [6, 6.07) is 2.10. The maximum Gasteiger partial charge on any atom is 0.305 e. The Labute approximate surface area is 143 Å². The first-order chi connectivity index (χ1) is 11.3. The Morgan fingerprint density at radius 1 is 1.22 bits per heavy atom. The number of esters is 1. The quantitative estimate of drug-likeness (QED) is 0.281. The number of thiophene rings is 1. The molecule has 0 atom stereocenters. The van der Waals surface area contributed by atoms with Crippen molar-refractivity contribution in [3.05, 3.63) is 22.4 Å². The molecule has 5 nitrogen and oxygen atoms in total. The number of rotatable bonds is 11. The maximum absolute atomic E-state index is 11.2. The van der Waals surface area contributed by atoms with Crippen molar-refractivity contribution >= 4 is 23.3 Å². The Morgan fingerprint density at radius 2 is 2.04 bits per heavy atom. The molecular formula is C17H29N3O2S. The van der Waals surface area contributed by atoms with Crippen molar-refractivity contribution in [2.75, 3.05) is 19.7 Å². The lowest BCUT2D eigenvalue weighted by Gasteiger charge is -2.11. The Balaban J connectivity index is 2.11. The van der Waals surface area contributed by atoms with E-state index >= 15 is 0 Å². The molecule has 0 spiro atoms. The zero-order valence-electron chi connectivity index (χ0n) is 14.3. The van der Waals surface area contributed by atoms with E-state index in [0.29, 0.717) is 19.6 Å². The first-order valence-corrected chi connectivity index (χ1v) is 9.39. The molecule has 0 aliphatic rings. The maximum atomic E-state index is 11.2. The van der Waals surface area contributed by atoms with E-state index in [1.165, 1.54) is 5.56 Å². The van der Waals surface area contributed by atoms with E-state index < -0.39 is 0 Å². The van der Waals surface area contributed by atoms with Gasteiger partial charge in [0.05, 0.1) is 13.2 Å². The van der Waals surface area contributed by atoms with Crippen LogP contribution >= 0.6 is 11.3 Å². The number of nitrogens with one attached hydrogen (secondary N) is 2. The van der Waals surface area contributed by atoms with Crippen molar-refractivity contribution in [3.63, 3.8) is 0 Å². The number of guanidine groups is 1. The van der Waals surface area contributed by atoms with Gasteiger partial charge in [-0.25, -0.2) is 4.99 Å². The average Bonchev–Trinajstić information content (AvgIpc) is 3.05. The van der Waals surface area contributed by atoms with Gasteiger partial charge in [-0.2, -0.15) is 11.3 Å². The van der Waals surface area contributed by atoms with E-state index in [2.05, 4.69) is 39.4 Å². The van der Waals surface area contributed by atoms with Gasteiger partial charge in [0.25, 0.3) is 0 Å². The van der Waals surface area contributed by atoms with Crippen LogP contribution < -0.4 is 10.6 Å². The molecule has 0 aliphatic heterocycles. The van der Waals surface area contributed by atoms with E-state index in [4.69, 9.17) is 4.74 Å². The van der Waals surface area contributed by atoms with Gasteiger partial charge >= 0.3 is 5.97 Å². The molecule has 0 bridgehead atoms. The Hall–Kier alpha value is -1.56. The smallest absolute Gasteiger partial charge is 0.305 e. The molecule has 1 rings (SSSR count). The number of aliphatic imine (C=N–C) groups is 1. The number of unbranched alkanes of at least 4 members (excludes halogenated alkanes) is 3. The van der Waals surface area contributed by atoms with Gasteiger partial charge in [0.2, 0.25) is 0 Å². The highest BCUT2D eigenvalue weighted by Gasteiger charge is 2.01. The lowest BCUT2D eigenvalue weighted by atomic mass is 10.1. The third-order valence-electron chi connectivity index (χ3n) is 3.25. The minimum absolute atomic E-state index is 0.0828. The molecule has 0 unspecified atom stereocenters. The van der Waals surface area contributed by atoms with Gasteiger partial charge in [-0.1, -0.05) is 12.8 Å². The molecule has 0 aromatic carbocycles. The molecule has 130 valence electrons. The Bertz CT molecular complexity index is 447. The van der Waals surface area contributed by atoms with Gasteiger partial charge < -0.3 is 15.4 Å². The molecule has 0 saturated carbocycles. The molecule has 0 amide bonds. The van der Waals surface area contributed by atoms with Crippen molar-refractivity contribution < 1.29 is 9.53 Å². The summed E-state index contributed by atoms with van der Waals surface area (Å²) in [4.78, 5) is 15.8. The number of hydrogen-bond donors (Lipinski definition) is 2. The number of ether oxygens (including phenoxy) is 1. The summed E-state index contributed by atoms with van der Waals surface area (Å²) in [5.74, 6) is 0.783. The van der Waals surface area contributed by atoms with E-state index in [-0.39, 0.29) is 5.97 Å². The molecule has 0 fully saturated rings. The number of nitrogens with zero attached hydrogens (tertiary/aromatic N) is 1. The van der Waals surface area contributed by atoms with Crippen LogP contribution in [0.1, 0.15) is 51.5 Å². The zero-order valence-corrected chi connectivity index (χ0v) is 15.1. The fraction of sp³-hybridized carbons (Fsp3) is 0.647. The van der Waals surface area contributed by atoms with Gasteiger partial charge in [0, 0.05) is 19.5 Å². The van der Waals surface area contributed by atoms with Gasteiger partial charge in [-0.05, 0) is 49.1 Å². The molecule has 0 aliphatic carbocycles. The van der Waals surface area contributed by atoms with Crippen molar-refractivity contribution in [1.29, 1.82) is 0 Å². The fourth-order valence-electron chi connectivity index (χ4n) is 2.08. The molecular weight excluding hydrogens is 310 g/mol. The number of carbonyl (C=O) groups excluding carboxylic acids is 1. The molecule has 1 heterocycles. The topological polar surface area (TPSA) is 62.7 Å². The summed E-state index contributed by atoms with van der Waals surface area (Å²) >= 11 is 1.70. The van der Waals surface area contributed by atoms with Crippen LogP contribution in [0.15, 0.2) is 21.8 Å². The Kier molecular flexibility index (Phi) is 11.0. The normalized spacial score (nSPS) is 11.3. The molecule has 6 heteroatoms. The molecule has 0 saturated heterocycles. The first-order valence-electron chi connectivity index (χ1n) is 8.45. The first kappa shape index (κ1) is 19.5. The summed E-state index contributed by atoms with van der Waals surface area (Å²) in [6.45, 7) is 6.84. The van der Waals surface area contributed by atoms with Gasteiger partial charge in [-0.3, -0.25) is 4.79 Å². The van der Waals surface area contributed by atoms with E-state index in [0.717, 1.165) is 44.7 Å². The van der Waals surface area contributed by atoms with Crippen LogP contribution in [0.2, 0.25) is 0 Å². The highest BCUT2D eigenvalue weighted by Crippen LogP contribution is 2.07. The van der Waals surface area contributed by atoms with Crippen LogP contribution in [0.5, 0.6) is 0 Å². The summed E-state index contributed by atoms with van der Waals surface area (Å²) in [7, 11) is 0. The molecule has 0 radical (unpaired) electrons. The minimum atomic E-state index is -0.0828. The summed E-state index contributed by atoms with van der Waals surface area (Å²) in [5, 5.41) is 10.8. The van der Waals surface area contributed by atoms with Crippen LogP contribution in [-0.2, 0) is 16.1 Å². The van der Waals surface area contributed by atoms with E-state index in [9.17, 15) is 4.79 Å². The summed E-state index contributed by atoms with van der Waals surface area (Å²) < 4.78 is 4.91. The van der Waals surface area contributed by atoms with E-state index in [1.54, 1.807) is 11.3 Å². The summed E-state index contributed by atoms with van der Waals surface area (Å²) in [6.07, 6.45) is 4.68. The third-order valence-corrected chi connectivity index (χ3v) is 3.98. The highest BCUT2D eigenvalue weighted by atomic mass is 32.1. The predicted molar refractivity (Wildman–Crippen MR) is 96.9 cm³/mol. The van der Waals surface area contributed by atoms with Crippen LogP contribution in [0, 0.1) is 0 Å². The largest absolute Gasteiger partial charge is 0.466 e. The lowest BCUT2D eigenvalue weighted by Crippen LogP contribution is -2.37. The highest BCUT2D eigenvalue weighted by molar-refractivity contribution is 7.07. The van der Waals surface area contributed by atoms with Gasteiger partial charge in [0.15, 0.2) is 5.96 Å². The zero-order chi connectivity index (χ0) is 16.8. The van der Waals surface area contributed by atoms with Crippen LogP contribution in [0.4, 0.5) is 0 Å². The van der Waals surface area contributed by atoms with Crippen molar-refractivity contribution in [2.45, 2.75) is 52.5 Å². The average molecular weight is 340 g/mol. The SMILES string of the molecule is CCNC(=NCc1ccsc1)NCCCCCCC(=O)OCC.